The third kappa shape index (κ3) is 2.76. The smallest absolute Gasteiger partial charge is 0.258 e. The fraction of sp³-hybridized carbons (Fsp3) is 0.0769. The van der Waals surface area contributed by atoms with Crippen molar-refractivity contribution >= 4 is 51.9 Å². The summed E-state index contributed by atoms with van der Waals surface area (Å²) in [4.78, 5) is 24.4. The molecule has 0 unspecified atom stereocenters. The minimum atomic E-state index is -0.352. The number of hydrogen-bond donors (Lipinski definition) is 1. The van der Waals surface area contributed by atoms with Gasteiger partial charge in [0.1, 0.15) is 0 Å². The summed E-state index contributed by atoms with van der Waals surface area (Å²) in [6, 6.07) is 5.05. The van der Waals surface area contributed by atoms with Gasteiger partial charge < -0.3 is 0 Å². The molecule has 3 rings (SSSR count). The minimum Gasteiger partial charge on any atom is -0.269 e. The van der Waals surface area contributed by atoms with E-state index in [0.29, 0.717) is 20.5 Å². The highest BCUT2D eigenvalue weighted by Crippen LogP contribution is 2.28. The predicted octanol–water partition coefficient (Wildman–Crippen LogP) is 3.35. The molecule has 7 nitrogen and oxygen atoms in total. The number of aryl methyl sites for hydroxylation is 1. The molecule has 22 heavy (non-hydrogen) atoms. The number of carbonyl (C=O) groups excluding carboxylic acids is 2. The van der Waals surface area contributed by atoms with Gasteiger partial charge in [0.15, 0.2) is 3.95 Å². The summed E-state index contributed by atoms with van der Waals surface area (Å²) >= 11 is 6.13. The highest BCUT2D eigenvalue weighted by molar-refractivity contribution is 7.73. The van der Waals surface area contributed by atoms with Gasteiger partial charge in [-0.1, -0.05) is 11.3 Å². The van der Waals surface area contributed by atoms with Gasteiger partial charge in [-0.2, -0.15) is 0 Å². The van der Waals surface area contributed by atoms with Crippen LogP contribution in [0.4, 0.5) is 16.5 Å². The van der Waals surface area contributed by atoms with Crippen LogP contribution >= 0.6 is 23.6 Å². The fourth-order valence-electron chi connectivity index (χ4n) is 1.91. The van der Waals surface area contributed by atoms with Crippen LogP contribution in [-0.4, -0.2) is 22.0 Å². The monoisotopic (exact) mass is 331 g/mol. The molecule has 9 heteroatoms. The zero-order chi connectivity index (χ0) is 15.7. The fourth-order valence-corrected chi connectivity index (χ4v) is 2.61. The van der Waals surface area contributed by atoms with Gasteiger partial charge in [0.2, 0.25) is 5.13 Å². The number of rotatable bonds is 3. The lowest BCUT2D eigenvalue weighted by atomic mass is 10.1. The number of nitrogens with zero attached hydrogens (tertiary/aromatic N) is 4. The Balaban J connectivity index is 1.86. The van der Waals surface area contributed by atoms with Crippen LogP contribution in [0.15, 0.2) is 40.6 Å². The van der Waals surface area contributed by atoms with Crippen LogP contribution < -0.4 is 4.90 Å². The van der Waals surface area contributed by atoms with Gasteiger partial charge in [-0.15, -0.1) is 15.3 Å². The molecule has 1 aromatic carbocycles. The summed E-state index contributed by atoms with van der Waals surface area (Å²) in [6.07, 6.45) is 2.49. The number of hydrogen-bond acceptors (Lipinski definition) is 7. The molecule has 1 N–H and O–H groups in total. The summed E-state index contributed by atoms with van der Waals surface area (Å²) in [5, 5.41) is 15.0. The Morgan fingerprint density at radius 3 is 2.55 bits per heavy atom. The second-order valence-electron chi connectivity index (χ2n) is 4.41. The quantitative estimate of drug-likeness (QED) is 0.530. The summed E-state index contributed by atoms with van der Waals surface area (Å²) in [5.41, 5.74) is 1.91. The summed E-state index contributed by atoms with van der Waals surface area (Å²) in [6.45, 7) is 1.82. The van der Waals surface area contributed by atoms with E-state index in [1.54, 1.807) is 18.2 Å². The van der Waals surface area contributed by atoms with Gasteiger partial charge in [-0.3, -0.25) is 14.7 Å². The highest BCUT2D eigenvalue weighted by atomic mass is 32.1. The molecule has 0 atom stereocenters. The maximum Gasteiger partial charge on any atom is 0.258 e. The van der Waals surface area contributed by atoms with E-state index < -0.39 is 0 Å². The van der Waals surface area contributed by atoms with Crippen molar-refractivity contribution in [2.24, 2.45) is 10.2 Å². The van der Waals surface area contributed by atoms with Crippen LogP contribution in [0.25, 0.3) is 0 Å². The Kier molecular flexibility index (Phi) is 3.73. The molecule has 0 aliphatic carbocycles. The standard InChI is InChI=1S/C13H9N5O2S2/c1-7-6-8(18-10(19)4-5-11(18)20)2-3-9(7)14-15-12-16-17-13(21)22-12/h2-6H,1H3,(H,17,21). The maximum absolute atomic E-state index is 11.7. The summed E-state index contributed by atoms with van der Waals surface area (Å²) in [7, 11) is 0. The number of azo groups is 1. The van der Waals surface area contributed by atoms with E-state index in [1.807, 2.05) is 6.92 Å². The number of H-pyrrole nitrogens is 1. The lowest BCUT2D eigenvalue weighted by Crippen LogP contribution is -2.29. The molecule has 110 valence electrons. The van der Waals surface area contributed by atoms with Crippen molar-refractivity contribution in [1.82, 2.24) is 10.2 Å². The molecule has 0 spiro atoms. The Morgan fingerprint density at radius 2 is 1.95 bits per heavy atom. The molecule has 2 amide bonds. The van der Waals surface area contributed by atoms with Crippen LogP contribution in [0.2, 0.25) is 0 Å². The van der Waals surface area contributed by atoms with Crippen LogP contribution in [0.5, 0.6) is 0 Å². The first-order valence-electron chi connectivity index (χ1n) is 6.18. The van der Waals surface area contributed by atoms with Crippen molar-refractivity contribution in [3.8, 4) is 0 Å². The van der Waals surface area contributed by atoms with Gasteiger partial charge in [0.25, 0.3) is 11.8 Å². The van der Waals surface area contributed by atoms with Crippen LogP contribution in [0.1, 0.15) is 5.56 Å². The van der Waals surface area contributed by atoms with E-state index in [0.717, 1.165) is 10.5 Å². The van der Waals surface area contributed by atoms with E-state index in [9.17, 15) is 9.59 Å². The largest absolute Gasteiger partial charge is 0.269 e. The van der Waals surface area contributed by atoms with Gasteiger partial charge in [-0.25, -0.2) is 4.90 Å². The Bertz CT molecular complexity index is 863. The summed E-state index contributed by atoms with van der Waals surface area (Å²) in [5.74, 6) is -0.704. The molecule has 1 aromatic heterocycles. The topological polar surface area (TPSA) is 90.8 Å². The average Bonchev–Trinajstić information content (AvgIpc) is 3.04. The van der Waals surface area contributed by atoms with E-state index in [1.165, 1.54) is 23.5 Å². The predicted molar refractivity (Wildman–Crippen MR) is 84.3 cm³/mol. The molecule has 2 heterocycles. The first kappa shape index (κ1) is 14.4. The van der Waals surface area contributed by atoms with Crippen molar-refractivity contribution in [1.29, 1.82) is 0 Å². The molecule has 0 bridgehead atoms. The van der Waals surface area contributed by atoms with Crippen LogP contribution in [0, 0.1) is 10.9 Å². The zero-order valence-corrected chi connectivity index (χ0v) is 12.9. The van der Waals surface area contributed by atoms with E-state index in [2.05, 4.69) is 20.4 Å². The number of imide groups is 1. The average molecular weight is 331 g/mol. The number of anilines is 1. The van der Waals surface area contributed by atoms with Gasteiger partial charge in [0.05, 0.1) is 11.4 Å². The zero-order valence-electron chi connectivity index (χ0n) is 11.3. The molecule has 0 fully saturated rings. The van der Waals surface area contributed by atoms with E-state index in [4.69, 9.17) is 12.2 Å². The Hall–Kier alpha value is -2.52. The second kappa shape index (κ2) is 5.70. The van der Waals surface area contributed by atoms with Gasteiger partial charge in [-0.05, 0) is 42.9 Å². The van der Waals surface area contributed by atoms with Gasteiger partial charge in [0, 0.05) is 12.2 Å². The van der Waals surface area contributed by atoms with E-state index >= 15 is 0 Å². The first-order valence-corrected chi connectivity index (χ1v) is 7.41. The number of carbonyl (C=O) groups is 2. The molecular weight excluding hydrogens is 322 g/mol. The number of amides is 2. The van der Waals surface area contributed by atoms with Crippen LogP contribution in [-0.2, 0) is 9.59 Å². The molecule has 0 radical (unpaired) electrons. The number of nitrogens with one attached hydrogen (secondary N) is 1. The van der Waals surface area contributed by atoms with Gasteiger partial charge >= 0.3 is 0 Å². The molecular formula is C13H9N5O2S2. The Labute approximate surface area is 134 Å². The SMILES string of the molecule is Cc1cc(N2C(=O)C=CC2=O)ccc1N=Nc1n[nH]c(=S)s1. The molecule has 0 saturated carbocycles. The normalized spacial score (nSPS) is 14.5. The second-order valence-corrected chi connectivity index (χ2v) is 6.06. The Morgan fingerprint density at radius 1 is 1.23 bits per heavy atom. The first-order chi connectivity index (χ1) is 10.5. The van der Waals surface area contributed by atoms with E-state index in [-0.39, 0.29) is 11.8 Å². The molecule has 2 aromatic rings. The van der Waals surface area contributed by atoms with Crippen molar-refractivity contribution < 1.29 is 9.59 Å². The lowest BCUT2D eigenvalue weighted by Gasteiger charge is -2.14. The maximum atomic E-state index is 11.7. The highest BCUT2D eigenvalue weighted by Gasteiger charge is 2.25. The minimum absolute atomic E-state index is 0.352. The number of aromatic nitrogens is 2. The molecule has 1 aliphatic rings. The third-order valence-corrected chi connectivity index (χ3v) is 3.89. The lowest BCUT2D eigenvalue weighted by molar-refractivity contribution is -0.119. The van der Waals surface area contributed by atoms with Crippen molar-refractivity contribution in [3.05, 3.63) is 39.9 Å². The summed E-state index contributed by atoms with van der Waals surface area (Å²) < 4.78 is 0.527. The molecule has 1 aliphatic heterocycles. The van der Waals surface area contributed by atoms with Crippen molar-refractivity contribution in [2.75, 3.05) is 4.90 Å². The number of benzene rings is 1. The van der Waals surface area contributed by atoms with Crippen molar-refractivity contribution in [3.63, 3.8) is 0 Å². The van der Waals surface area contributed by atoms with Crippen LogP contribution in [0.3, 0.4) is 0 Å². The molecule has 0 saturated heterocycles. The third-order valence-electron chi connectivity index (χ3n) is 2.92. The van der Waals surface area contributed by atoms with Crippen molar-refractivity contribution in [2.45, 2.75) is 6.92 Å². The number of aromatic amines is 1.